The van der Waals surface area contributed by atoms with Gasteiger partial charge in [-0.3, -0.25) is 4.79 Å². The summed E-state index contributed by atoms with van der Waals surface area (Å²) in [5, 5.41) is 15.2. The first-order valence-electron chi connectivity index (χ1n) is 7.73. The van der Waals surface area contributed by atoms with Crippen LogP contribution in [0.3, 0.4) is 0 Å². The summed E-state index contributed by atoms with van der Waals surface area (Å²) >= 11 is 6.11. The van der Waals surface area contributed by atoms with E-state index in [2.05, 4.69) is 20.6 Å². The number of nitriles is 1. The quantitative estimate of drug-likeness (QED) is 0.720. The molecule has 0 radical (unpaired) electrons. The lowest BCUT2D eigenvalue weighted by molar-refractivity contribution is 0.102. The fourth-order valence-electron chi connectivity index (χ4n) is 2.23. The Hall–Kier alpha value is -3.43. The number of hydrogen-bond donors (Lipinski definition) is 2. The van der Waals surface area contributed by atoms with Crippen molar-refractivity contribution in [1.82, 2.24) is 9.97 Å². The number of aromatic nitrogens is 2. The fourth-order valence-corrected chi connectivity index (χ4v) is 2.41. The molecule has 2 N–H and O–H groups in total. The summed E-state index contributed by atoms with van der Waals surface area (Å²) in [6.45, 7) is 1.88. The van der Waals surface area contributed by atoms with E-state index in [1.807, 2.05) is 25.1 Å². The van der Waals surface area contributed by atoms with Crippen LogP contribution < -0.4 is 10.6 Å². The van der Waals surface area contributed by atoms with Crippen LogP contribution >= 0.6 is 11.6 Å². The summed E-state index contributed by atoms with van der Waals surface area (Å²) in [6.07, 6.45) is 1.50. The highest BCUT2D eigenvalue weighted by atomic mass is 35.5. The normalized spacial score (nSPS) is 10.0. The molecular formula is C19H14ClN5O. The number of amides is 1. The van der Waals surface area contributed by atoms with Gasteiger partial charge in [-0.05, 0) is 55.0 Å². The molecule has 0 bridgehead atoms. The van der Waals surface area contributed by atoms with Crippen LogP contribution in [-0.2, 0) is 0 Å². The van der Waals surface area contributed by atoms with Gasteiger partial charge >= 0.3 is 0 Å². The lowest BCUT2D eigenvalue weighted by Crippen LogP contribution is -2.14. The predicted molar refractivity (Wildman–Crippen MR) is 101 cm³/mol. The Balaban J connectivity index is 1.76. The maximum atomic E-state index is 12.4. The smallest absolute Gasteiger partial charge is 0.274 e. The number of benzene rings is 2. The summed E-state index contributed by atoms with van der Waals surface area (Å²) in [4.78, 5) is 20.8. The zero-order valence-corrected chi connectivity index (χ0v) is 14.6. The number of carbonyl (C=O) groups is 1. The van der Waals surface area contributed by atoms with E-state index in [4.69, 9.17) is 16.9 Å². The average Bonchev–Trinajstić information content (AvgIpc) is 2.66. The highest BCUT2D eigenvalue weighted by Crippen LogP contribution is 2.24. The molecule has 0 saturated heterocycles. The van der Waals surface area contributed by atoms with Crippen molar-refractivity contribution >= 4 is 34.8 Å². The van der Waals surface area contributed by atoms with E-state index >= 15 is 0 Å². The molecule has 1 amide bonds. The van der Waals surface area contributed by atoms with E-state index < -0.39 is 0 Å². The Morgan fingerprint density at radius 3 is 2.65 bits per heavy atom. The van der Waals surface area contributed by atoms with Crippen LogP contribution in [0.5, 0.6) is 0 Å². The van der Waals surface area contributed by atoms with Gasteiger partial charge in [-0.25, -0.2) is 9.97 Å². The number of hydrogen-bond acceptors (Lipinski definition) is 5. The van der Waals surface area contributed by atoms with Gasteiger partial charge in [0.2, 0.25) is 5.95 Å². The summed E-state index contributed by atoms with van der Waals surface area (Å²) in [7, 11) is 0. The molecule has 26 heavy (non-hydrogen) atoms. The van der Waals surface area contributed by atoms with Gasteiger partial charge in [0, 0.05) is 22.6 Å². The highest BCUT2D eigenvalue weighted by molar-refractivity contribution is 6.31. The summed E-state index contributed by atoms with van der Waals surface area (Å²) in [6, 6.07) is 15.6. The van der Waals surface area contributed by atoms with Crippen LogP contribution in [0.1, 0.15) is 21.6 Å². The number of anilines is 3. The van der Waals surface area contributed by atoms with Crippen molar-refractivity contribution < 1.29 is 4.79 Å². The van der Waals surface area contributed by atoms with Crippen LogP contribution in [0, 0.1) is 18.3 Å². The molecule has 6 nitrogen and oxygen atoms in total. The van der Waals surface area contributed by atoms with E-state index in [1.165, 1.54) is 12.3 Å². The lowest BCUT2D eigenvalue weighted by Gasteiger charge is -2.10. The maximum Gasteiger partial charge on any atom is 0.274 e. The number of nitrogens with one attached hydrogen (secondary N) is 2. The van der Waals surface area contributed by atoms with E-state index in [-0.39, 0.29) is 11.6 Å². The van der Waals surface area contributed by atoms with Crippen molar-refractivity contribution in [3.8, 4) is 6.07 Å². The number of carbonyl (C=O) groups excluding carboxylic acids is 1. The van der Waals surface area contributed by atoms with Gasteiger partial charge in [-0.15, -0.1) is 0 Å². The second-order valence-electron chi connectivity index (χ2n) is 5.45. The molecule has 0 aliphatic heterocycles. The third kappa shape index (κ3) is 3.97. The molecule has 0 saturated carbocycles. The Kier molecular flexibility index (Phi) is 5.11. The van der Waals surface area contributed by atoms with Crippen molar-refractivity contribution in [3.63, 3.8) is 0 Å². The third-order valence-corrected chi connectivity index (χ3v) is 4.08. The largest absolute Gasteiger partial charge is 0.324 e. The summed E-state index contributed by atoms with van der Waals surface area (Å²) in [5.41, 5.74) is 2.94. The van der Waals surface area contributed by atoms with Crippen molar-refractivity contribution in [2.75, 3.05) is 10.6 Å². The van der Waals surface area contributed by atoms with Crippen molar-refractivity contribution in [1.29, 1.82) is 5.26 Å². The number of halogens is 1. The zero-order valence-electron chi connectivity index (χ0n) is 13.8. The summed E-state index contributed by atoms with van der Waals surface area (Å²) < 4.78 is 0. The summed E-state index contributed by atoms with van der Waals surface area (Å²) in [5.74, 6) is -0.0779. The standard InChI is InChI=1S/C19H14ClN5O/c1-12-15(20)3-2-4-16(12)24-19-22-10-9-17(25-19)18(26)23-14-7-5-13(11-21)6-8-14/h2-10H,1H3,(H,23,26)(H,22,24,25). The molecule has 3 aromatic rings. The molecule has 3 rings (SSSR count). The molecule has 0 fully saturated rings. The number of rotatable bonds is 4. The van der Waals surface area contributed by atoms with Crippen molar-refractivity contribution in [2.45, 2.75) is 6.92 Å². The maximum absolute atomic E-state index is 12.4. The number of nitrogens with zero attached hydrogens (tertiary/aromatic N) is 3. The Bertz CT molecular complexity index is 996. The average molecular weight is 364 g/mol. The predicted octanol–water partition coefficient (Wildman–Crippen LogP) is 4.31. The van der Waals surface area contributed by atoms with Crippen LogP contribution in [0.25, 0.3) is 0 Å². The van der Waals surface area contributed by atoms with Crippen LogP contribution in [0.15, 0.2) is 54.7 Å². The Morgan fingerprint density at radius 2 is 1.92 bits per heavy atom. The molecule has 0 aliphatic carbocycles. The van der Waals surface area contributed by atoms with Gasteiger partial charge in [0.05, 0.1) is 11.6 Å². The Labute approximate surface area is 155 Å². The van der Waals surface area contributed by atoms with E-state index in [0.29, 0.717) is 22.2 Å². The molecule has 0 unspecified atom stereocenters. The first-order valence-corrected chi connectivity index (χ1v) is 8.11. The second kappa shape index (κ2) is 7.64. The van der Waals surface area contributed by atoms with Crippen LogP contribution in [-0.4, -0.2) is 15.9 Å². The van der Waals surface area contributed by atoms with Gasteiger partial charge in [0.1, 0.15) is 5.69 Å². The van der Waals surface area contributed by atoms with Gasteiger partial charge in [0.15, 0.2) is 0 Å². The van der Waals surface area contributed by atoms with Gasteiger partial charge in [0.25, 0.3) is 5.91 Å². The molecule has 0 aliphatic rings. The molecular weight excluding hydrogens is 350 g/mol. The Morgan fingerprint density at radius 1 is 1.15 bits per heavy atom. The molecule has 0 spiro atoms. The second-order valence-corrected chi connectivity index (χ2v) is 5.85. The van der Waals surface area contributed by atoms with Crippen LogP contribution in [0.4, 0.5) is 17.3 Å². The SMILES string of the molecule is Cc1c(Cl)cccc1Nc1nccc(C(=O)Nc2ccc(C#N)cc2)n1. The molecule has 1 heterocycles. The highest BCUT2D eigenvalue weighted by Gasteiger charge is 2.10. The van der Waals surface area contributed by atoms with E-state index in [1.54, 1.807) is 30.3 Å². The first-order chi connectivity index (χ1) is 12.6. The first kappa shape index (κ1) is 17.4. The third-order valence-electron chi connectivity index (χ3n) is 3.67. The zero-order chi connectivity index (χ0) is 18.5. The molecule has 1 aromatic heterocycles. The minimum Gasteiger partial charge on any atom is -0.324 e. The molecule has 7 heteroatoms. The minimum absolute atomic E-state index is 0.214. The van der Waals surface area contributed by atoms with Gasteiger partial charge < -0.3 is 10.6 Å². The molecule has 0 atom stereocenters. The molecule has 2 aromatic carbocycles. The van der Waals surface area contributed by atoms with Gasteiger partial charge in [-0.2, -0.15) is 5.26 Å². The van der Waals surface area contributed by atoms with Crippen molar-refractivity contribution in [3.05, 3.63) is 76.6 Å². The fraction of sp³-hybridized carbons (Fsp3) is 0.0526. The monoisotopic (exact) mass is 363 g/mol. The van der Waals surface area contributed by atoms with E-state index in [9.17, 15) is 4.79 Å². The van der Waals surface area contributed by atoms with E-state index in [0.717, 1.165) is 11.3 Å². The minimum atomic E-state index is -0.372. The molecule has 128 valence electrons. The van der Waals surface area contributed by atoms with Crippen LogP contribution in [0.2, 0.25) is 5.02 Å². The van der Waals surface area contributed by atoms with Crippen molar-refractivity contribution in [2.24, 2.45) is 0 Å². The topological polar surface area (TPSA) is 90.7 Å². The lowest BCUT2D eigenvalue weighted by atomic mass is 10.2. The van der Waals surface area contributed by atoms with Gasteiger partial charge in [-0.1, -0.05) is 17.7 Å².